The first kappa shape index (κ1) is 23.0. The van der Waals surface area contributed by atoms with Crippen molar-refractivity contribution in [1.29, 1.82) is 0 Å². The van der Waals surface area contributed by atoms with Crippen LogP contribution in [-0.4, -0.2) is 93.6 Å². The Morgan fingerprint density at radius 2 is 1.75 bits per heavy atom. The third-order valence-electron chi connectivity index (χ3n) is 7.81. The highest BCUT2D eigenvalue weighted by Gasteiger charge is 2.75. The van der Waals surface area contributed by atoms with Gasteiger partial charge >= 0.3 is 0 Å². The third kappa shape index (κ3) is 2.91. The molecule has 8 nitrogen and oxygen atoms in total. The Bertz CT molecular complexity index is 866. The van der Waals surface area contributed by atoms with E-state index in [1.165, 1.54) is 4.90 Å². The highest BCUT2D eigenvalue weighted by atomic mass is 16.5. The summed E-state index contributed by atoms with van der Waals surface area (Å²) >= 11 is 0. The zero-order valence-corrected chi connectivity index (χ0v) is 19.7. The number of ether oxygens (including phenoxy) is 1. The number of likely N-dealkylation sites (tertiary alicyclic amines) is 1. The summed E-state index contributed by atoms with van der Waals surface area (Å²) in [6, 6.07) is -1.50. The Balaban J connectivity index is 1.95. The maximum absolute atomic E-state index is 14.1. The number of hydrogen-bond acceptors (Lipinski definition) is 5. The van der Waals surface area contributed by atoms with Gasteiger partial charge in [0.25, 0.3) is 0 Å². The molecule has 0 aromatic rings. The van der Waals surface area contributed by atoms with Gasteiger partial charge in [0, 0.05) is 26.2 Å². The van der Waals surface area contributed by atoms with E-state index in [4.69, 9.17) is 4.74 Å². The van der Waals surface area contributed by atoms with Crippen molar-refractivity contribution >= 4 is 17.7 Å². The number of hydrogen-bond donors (Lipinski definition) is 1. The molecule has 2 fully saturated rings. The van der Waals surface area contributed by atoms with E-state index in [1.807, 2.05) is 52.0 Å². The molecular weight excluding hydrogens is 410 g/mol. The molecule has 0 radical (unpaired) electrons. The molecule has 32 heavy (non-hydrogen) atoms. The molecule has 4 rings (SSSR count). The molecular formula is C24H35N3O5. The molecule has 0 bridgehead atoms. The van der Waals surface area contributed by atoms with Gasteiger partial charge in [-0.1, -0.05) is 38.2 Å². The molecule has 3 amide bonds. The van der Waals surface area contributed by atoms with E-state index in [0.29, 0.717) is 25.9 Å². The van der Waals surface area contributed by atoms with Crippen LogP contribution in [0.3, 0.4) is 0 Å². The van der Waals surface area contributed by atoms with Gasteiger partial charge in [-0.05, 0) is 26.7 Å². The fourth-order valence-corrected chi connectivity index (χ4v) is 6.11. The molecule has 1 N–H and O–H groups in total. The first-order chi connectivity index (χ1) is 15.2. The summed E-state index contributed by atoms with van der Waals surface area (Å²) in [5, 5.41) is 10.1. The lowest BCUT2D eigenvalue weighted by Crippen LogP contribution is -2.59. The van der Waals surface area contributed by atoms with Crippen molar-refractivity contribution in [2.75, 3.05) is 26.7 Å². The van der Waals surface area contributed by atoms with Gasteiger partial charge in [-0.3, -0.25) is 14.4 Å². The largest absolute Gasteiger partial charge is 0.394 e. The van der Waals surface area contributed by atoms with Gasteiger partial charge in [-0.2, -0.15) is 0 Å². The number of amides is 3. The predicted octanol–water partition coefficient (Wildman–Crippen LogP) is 0.953. The van der Waals surface area contributed by atoms with Crippen molar-refractivity contribution in [3.8, 4) is 0 Å². The van der Waals surface area contributed by atoms with Gasteiger partial charge in [0.1, 0.15) is 11.6 Å². The van der Waals surface area contributed by atoms with Crippen molar-refractivity contribution in [2.45, 2.75) is 69.9 Å². The summed E-state index contributed by atoms with van der Waals surface area (Å²) in [6.45, 7) is 8.34. The third-order valence-corrected chi connectivity index (χ3v) is 7.81. The SMILES string of the molecule is CC[C@@H](CO)N1C(=O)[C@@H]2[C@H]3C(=O)N(C)CC=C[C@@]3(CC)O[C@@]23C=CCN(C(C)C)C(=O)C13. The highest BCUT2D eigenvalue weighted by molar-refractivity contribution is 6.00. The number of carbonyl (C=O) groups excluding carboxylic acids is 3. The number of likely N-dealkylation sites (N-methyl/N-ethyl adjacent to an activating group) is 1. The second-order valence-electron chi connectivity index (χ2n) is 9.72. The van der Waals surface area contributed by atoms with E-state index in [2.05, 4.69) is 0 Å². The Morgan fingerprint density at radius 3 is 2.34 bits per heavy atom. The zero-order chi connectivity index (χ0) is 23.4. The summed E-state index contributed by atoms with van der Waals surface area (Å²) < 4.78 is 6.82. The minimum absolute atomic E-state index is 0.0628. The lowest BCUT2D eigenvalue weighted by molar-refractivity contribution is -0.157. The Labute approximate surface area is 189 Å². The number of aliphatic hydroxyl groups is 1. The molecule has 0 aliphatic carbocycles. The van der Waals surface area contributed by atoms with Gasteiger partial charge in [-0.25, -0.2) is 0 Å². The van der Waals surface area contributed by atoms with Crippen molar-refractivity contribution < 1.29 is 24.2 Å². The fraction of sp³-hybridized carbons (Fsp3) is 0.708. The van der Waals surface area contributed by atoms with Gasteiger partial charge in [0.15, 0.2) is 0 Å². The lowest BCUT2D eigenvalue weighted by atomic mass is 9.73. The number of aliphatic hydroxyl groups excluding tert-OH is 1. The van der Waals surface area contributed by atoms with Crippen LogP contribution >= 0.6 is 0 Å². The number of carbonyl (C=O) groups is 3. The fourth-order valence-electron chi connectivity index (χ4n) is 6.11. The quantitative estimate of drug-likeness (QED) is 0.637. The van der Waals surface area contributed by atoms with Gasteiger partial charge in [0.05, 0.1) is 30.1 Å². The maximum Gasteiger partial charge on any atom is 0.249 e. The van der Waals surface area contributed by atoms with Crippen LogP contribution in [0.4, 0.5) is 0 Å². The molecule has 4 heterocycles. The van der Waals surface area contributed by atoms with Crippen molar-refractivity contribution in [2.24, 2.45) is 11.8 Å². The average molecular weight is 446 g/mol. The first-order valence-electron chi connectivity index (χ1n) is 11.7. The van der Waals surface area contributed by atoms with E-state index in [1.54, 1.807) is 16.8 Å². The molecule has 2 saturated heterocycles. The summed E-state index contributed by atoms with van der Waals surface area (Å²) in [4.78, 5) is 46.4. The number of rotatable bonds is 5. The normalized spacial score (nSPS) is 37.5. The average Bonchev–Trinajstić information content (AvgIpc) is 3.06. The summed E-state index contributed by atoms with van der Waals surface area (Å²) in [7, 11) is 1.73. The van der Waals surface area contributed by atoms with Crippen molar-refractivity contribution in [3.05, 3.63) is 24.3 Å². The van der Waals surface area contributed by atoms with Crippen molar-refractivity contribution in [1.82, 2.24) is 14.7 Å². The van der Waals surface area contributed by atoms with Crippen molar-refractivity contribution in [3.63, 3.8) is 0 Å². The van der Waals surface area contributed by atoms with Crippen LogP contribution < -0.4 is 0 Å². The molecule has 1 spiro atoms. The molecule has 0 aromatic carbocycles. The minimum atomic E-state index is -1.25. The molecule has 4 aliphatic rings. The van der Waals surface area contributed by atoms with Crippen LogP contribution in [0, 0.1) is 11.8 Å². The monoisotopic (exact) mass is 445 g/mol. The smallest absolute Gasteiger partial charge is 0.249 e. The van der Waals surface area contributed by atoms with Crippen LogP contribution in [0.2, 0.25) is 0 Å². The summed E-state index contributed by atoms with van der Waals surface area (Å²) in [5.41, 5.74) is -2.20. The molecule has 176 valence electrons. The van der Waals surface area contributed by atoms with E-state index < -0.39 is 35.1 Å². The van der Waals surface area contributed by atoms with E-state index in [-0.39, 0.29) is 30.4 Å². The van der Waals surface area contributed by atoms with Crippen LogP contribution in [0.25, 0.3) is 0 Å². The van der Waals surface area contributed by atoms with E-state index >= 15 is 0 Å². The molecule has 1 unspecified atom stereocenters. The first-order valence-corrected chi connectivity index (χ1v) is 11.7. The highest BCUT2D eigenvalue weighted by Crippen LogP contribution is 2.58. The zero-order valence-electron chi connectivity index (χ0n) is 19.7. The predicted molar refractivity (Wildman–Crippen MR) is 118 cm³/mol. The second-order valence-corrected chi connectivity index (χ2v) is 9.72. The van der Waals surface area contributed by atoms with Crippen LogP contribution in [0.1, 0.15) is 40.5 Å². The Kier molecular flexibility index (Phi) is 5.74. The number of nitrogens with zero attached hydrogens (tertiary/aromatic N) is 3. The van der Waals surface area contributed by atoms with Gasteiger partial charge in [0.2, 0.25) is 17.7 Å². The van der Waals surface area contributed by atoms with Gasteiger partial charge in [-0.15, -0.1) is 0 Å². The maximum atomic E-state index is 14.1. The second kappa shape index (κ2) is 7.99. The molecule has 6 atom stereocenters. The molecule has 0 aromatic heterocycles. The minimum Gasteiger partial charge on any atom is -0.394 e. The lowest BCUT2D eigenvalue weighted by Gasteiger charge is -2.41. The summed E-state index contributed by atoms with van der Waals surface area (Å²) in [6.07, 6.45) is 8.61. The van der Waals surface area contributed by atoms with Crippen LogP contribution in [0.5, 0.6) is 0 Å². The topological polar surface area (TPSA) is 90.4 Å². The Morgan fingerprint density at radius 1 is 1.06 bits per heavy atom. The molecule has 4 aliphatic heterocycles. The van der Waals surface area contributed by atoms with Crippen LogP contribution in [-0.2, 0) is 19.1 Å². The molecule has 8 heteroatoms. The standard InChI is InChI=1S/C24H35N3O5/c1-6-16(14-28)27-19-22(31)26(15(3)4)13-9-11-24(19)18(21(27)30)17-20(29)25(5)12-8-10-23(17,7-2)32-24/h8-11,15-19,28H,6-7,12-14H2,1-5H3/t16-,17-,18-,19?,23+,24-/m0/s1. The van der Waals surface area contributed by atoms with E-state index in [0.717, 1.165) is 0 Å². The van der Waals surface area contributed by atoms with Gasteiger partial charge < -0.3 is 24.5 Å². The van der Waals surface area contributed by atoms with E-state index in [9.17, 15) is 19.5 Å². The number of fused-ring (bicyclic) bond motifs is 2. The van der Waals surface area contributed by atoms with Crippen LogP contribution in [0.15, 0.2) is 24.3 Å². The molecule has 0 saturated carbocycles. The Hall–Kier alpha value is -2.19. The summed E-state index contributed by atoms with van der Waals surface area (Å²) in [5.74, 6) is -2.17.